The molecular weight excluding hydrogens is 226 g/mol. The van der Waals surface area contributed by atoms with Gasteiger partial charge in [-0.25, -0.2) is 4.98 Å². The molecule has 1 atom stereocenters. The number of nitrogens with zero attached hydrogens (tertiary/aromatic N) is 2. The number of piperidine rings is 1. The van der Waals surface area contributed by atoms with E-state index in [1.54, 1.807) is 0 Å². The van der Waals surface area contributed by atoms with E-state index in [2.05, 4.69) is 14.9 Å². The van der Waals surface area contributed by atoms with Crippen LogP contribution in [-0.4, -0.2) is 39.2 Å². The standard InChI is InChI=1S/C14H19N3O/c18-10-11-5-3-4-8-17(11)9-14-15-12-6-1-2-7-13(12)16-14/h1-2,6-7,11,18H,3-5,8-10H2,(H,15,16). The van der Waals surface area contributed by atoms with Gasteiger partial charge in [0.2, 0.25) is 0 Å². The molecule has 0 amide bonds. The van der Waals surface area contributed by atoms with E-state index in [1.165, 1.54) is 12.8 Å². The molecule has 0 bridgehead atoms. The Hall–Kier alpha value is -1.39. The normalized spacial score (nSPS) is 21.5. The van der Waals surface area contributed by atoms with Crippen molar-refractivity contribution in [1.29, 1.82) is 0 Å². The Morgan fingerprint density at radius 3 is 3.06 bits per heavy atom. The van der Waals surface area contributed by atoms with Crippen LogP contribution in [0.3, 0.4) is 0 Å². The van der Waals surface area contributed by atoms with Gasteiger partial charge in [0.05, 0.1) is 24.2 Å². The summed E-state index contributed by atoms with van der Waals surface area (Å²) in [7, 11) is 0. The molecule has 1 fully saturated rings. The molecule has 2 aromatic rings. The maximum atomic E-state index is 9.41. The van der Waals surface area contributed by atoms with Crippen LogP contribution in [0.25, 0.3) is 11.0 Å². The monoisotopic (exact) mass is 245 g/mol. The first-order valence-electron chi connectivity index (χ1n) is 6.65. The highest BCUT2D eigenvalue weighted by Gasteiger charge is 2.22. The molecule has 0 radical (unpaired) electrons. The fourth-order valence-corrected chi connectivity index (χ4v) is 2.75. The fraction of sp³-hybridized carbons (Fsp3) is 0.500. The number of aromatic nitrogens is 2. The van der Waals surface area contributed by atoms with Crippen molar-refractivity contribution in [2.45, 2.75) is 31.8 Å². The van der Waals surface area contributed by atoms with Crippen molar-refractivity contribution in [2.24, 2.45) is 0 Å². The lowest BCUT2D eigenvalue weighted by Gasteiger charge is -2.33. The summed E-state index contributed by atoms with van der Waals surface area (Å²) >= 11 is 0. The van der Waals surface area contributed by atoms with Crippen LogP contribution >= 0.6 is 0 Å². The summed E-state index contributed by atoms with van der Waals surface area (Å²) in [5.74, 6) is 0.997. The van der Waals surface area contributed by atoms with E-state index in [0.29, 0.717) is 6.04 Å². The Labute approximate surface area is 107 Å². The maximum Gasteiger partial charge on any atom is 0.121 e. The van der Waals surface area contributed by atoms with Gasteiger partial charge in [0, 0.05) is 6.04 Å². The molecule has 1 aliphatic rings. The summed E-state index contributed by atoms with van der Waals surface area (Å²) in [4.78, 5) is 10.3. The topological polar surface area (TPSA) is 52.1 Å². The van der Waals surface area contributed by atoms with E-state index in [4.69, 9.17) is 0 Å². The average molecular weight is 245 g/mol. The van der Waals surface area contributed by atoms with Crippen LogP contribution in [0, 0.1) is 0 Å². The smallest absolute Gasteiger partial charge is 0.121 e. The van der Waals surface area contributed by atoms with Crippen molar-refractivity contribution in [3.63, 3.8) is 0 Å². The zero-order valence-electron chi connectivity index (χ0n) is 10.5. The van der Waals surface area contributed by atoms with Gasteiger partial charge in [0.1, 0.15) is 5.82 Å². The van der Waals surface area contributed by atoms with Crippen molar-refractivity contribution < 1.29 is 5.11 Å². The van der Waals surface area contributed by atoms with E-state index in [-0.39, 0.29) is 6.61 Å². The number of aliphatic hydroxyl groups excluding tert-OH is 1. The zero-order valence-corrected chi connectivity index (χ0v) is 10.5. The number of imidazole rings is 1. The third-order valence-corrected chi connectivity index (χ3v) is 3.75. The van der Waals surface area contributed by atoms with Crippen molar-refractivity contribution in [3.8, 4) is 0 Å². The molecule has 1 aromatic carbocycles. The minimum Gasteiger partial charge on any atom is -0.395 e. The molecule has 4 heteroatoms. The van der Waals surface area contributed by atoms with Gasteiger partial charge in [-0.3, -0.25) is 4.90 Å². The summed E-state index contributed by atoms with van der Waals surface area (Å²) in [6.45, 7) is 2.11. The SMILES string of the molecule is OCC1CCCCN1Cc1nc2ccccc2[nH]1. The number of nitrogens with one attached hydrogen (secondary N) is 1. The highest BCUT2D eigenvalue weighted by molar-refractivity contribution is 5.74. The van der Waals surface area contributed by atoms with Gasteiger partial charge in [0.25, 0.3) is 0 Å². The molecule has 0 spiro atoms. The van der Waals surface area contributed by atoms with Crippen LogP contribution in [0.2, 0.25) is 0 Å². The number of likely N-dealkylation sites (tertiary alicyclic amines) is 1. The Bertz CT molecular complexity index is 489. The van der Waals surface area contributed by atoms with Gasteiger partial charge in [-0.2, -0.15) is 0 Å². The second kappa shape index (κ2) is 5.08. The Kier molecular flexibility index (Phi) is 3.30. The summed E-state index contributed by atoms with van der Waals surface area (Å²) in [6, 6.07) is 8.39. The molecule has 4 nitrogen and oxygen atoms in total. The van der Waals surface area contributed by atoms with Crippen molar-refractivity contribution >= 4 is 11.0 Å². The molecule has 1 aromatic heterocycles. The summed E-state index contributed by atoms with van der Waals surface area (Å²) in [5.41, 5.74) is 2.11. The van der Waals surface area contributed by atoms with E-state index in [9.17, 15) is 5.11 Å². The number of fused-ring (bicyclic) bond motifs is 1. The van der Waals surface area contributed by atoms with Crippen LogP contribution in [0.5, 0.6) is 0 Å². The number of benzene rings is 1. The largest absolute Gasteiger partial charge is 0.395 e. The second-order valence-electron chi connectivity index (χ2n) is 5.00. The van der Waals surface area contributed by atoms with Crippen molar-refractivity contribution in [2.75, 3.05) is 13.2 Å². The van der Waals surface area contributed by atoms with E-state index in [0.717, 1.165) is 36.4 Å². The van der Waals surface area contributed by atoms with Gasteiger partial charge in [-0.05, 0) is 31.5 Å². The minimum atomic E-state index is 0.250. The summed E-state index contributed by atoms with van der Waals surface area (Å²) in [5, 5.41) is 9.41. The van der Waals surface area contributed by atoms with Gasteiger partial charge < -0.3 is 10.1 Å². The first-order chi connectivity index (χ1) is 8.86. The van der Waals surface area contributed by atoms with Crippen LogP contribution in [0.4, 0.5) is 0 Å². The van der Waals surface area contributed by atoms with Gasteiger partial charge in [-0.15, -0.1) is 0 Å². The third kappa shape index (κ3) is 2.26. The predicted molar refractivity (Wildman–Crippen MR) is 71.2 cm³/mol. The molecule has 0 aliphatic carbocycles. The Morgan fingerprint density at radius 1 is 1.33 bits per heavy atom. The van der Waals surface area contributed by atoms with Crippen molar-refractivity contribution in [1.82, 2.24) is 14.9 Å². The lowest BCUT2D eigenvalue weighted by Crippen LogP contribution is -2.41. The van der Waals surface area contributed by atoms with Crippen LogP contribution in [-0.2, 0) is 6.54 Å². The maximum absolute atomic E-state index is 9.41. The first kappa shape index (κ1) is 11.7. The number of aliphatic hydroxyl groups is 1. The molecule has 0 saturated carbocycles. The molecule has 2 N–H and O–H groups in total. The third-order valence-electron chi connectivity index (χ3n) is 3.75. The number of rotatable bonds is 3. The van der Waals surface area contributed by atoms with Crippen LogP contribution in [0.1, 0.15) is 25.1 Å². The average Bonchev–Trinajstić information content (AvgIpc) is 2.81. The van der Waals surface area contributed by atoms with Crippen LogP contribution in [0.15, 0.2) is 24.3 Å². The molecular formula is C14H19N3O. The Morgan fingerprint density at radius 2 is 2.22 bits per heavy atom. The molecule has 3 rings (SSSR count). The number of para-hydroxylation sites is 2. The highest BCUT2D eigenvalue weighted by atomic mass is 16.3. The number of H-pyrrole nitrogens is 1. The predicted octanol–water partition coefficient (Wildman–Crippen LogP) is 1.91. The number of aromatic amines is 1. The number of hydrogen-bond donors (Lipinski definition) is 2. The second-order valence-corrected chi connectivity index (χ2v) is 5.00. The summed E-state index contributed by atoms with van der Waals surface area (Å²) < 4.78 is 0. The lowest BCUT2D eigenvalue weighted by atomic mass is 10.0. The van der Waals surface area contributed by atoms with Gasteiger partial charge in [-0.1, -0.05) is 18.6 Å². The first-order valence-corrected chi connectivity index (χ1v) is 6.65. The minimum absolute atomic E-state index is 0.250. The number of hydrogen-bond acceptors (Lipinski definition) is 3. The molecule has 18 heavy (non-hydrogen) atoms. The van der Waals surface area contributed by atoms with E-state index >= 15 is 0 Å². The van der Waals surface area contributed by atoms with E-state index in [1.807, 2.05) is 24.3 Å². The molecule has 96 valence electrons. The summed E-state index contributed by atoms with van der Waals surface area (Å²) in [6.07, 6.45) is 3.54. The fourth-order valence-electron chi connectivity index (χ4n) is 2.75. The van der Waals surface area contributed by atoms with Crippen LogP contribution < -0.4 is 0 Å². The highest BCUT2D eigenvalue weighted by Crippen LogP contribution is 2.19. The lowest BCUT2D eigenvalue weighted by molar-refractivity contribution is 0.0822. The molecule has 1 saturated heterocycles. The quantitative estimate of drug-likeness (QED) is 0.868. The van der Waals surface area contributed by atoms with Gasteiger partial charge >= 0.3 is 0 Å². The van der Waals surface area contributed by atoms with Crippen molar-refractivity contribution in [3.05, 3.63) is 30.1 Å². The van der Waals surface area contributed by atoms with Gasteiger partial charge in [0.15, 0.2) is 0 Å². The molecule has 1 aliphatic heterocycles. The Balaban J connectivity index is 1.78. The molecule has 2 heterocycles. The zero-order chi connectivity index (χ0) is 12.4. The van der Waals surface area contributed by atoms with E-state index < -0.39 is 0 Å². The molecule has 1 unspecified atom stereocenters.